The number of anilines is 1. The van der Waals surface area contributed by atoms with Crippen LogP contribution in [0.25, 0.3) is 0 Å². The van der Waals surface area contributed by atoms with Crippen molar-refractivity contribution >= 4 is 28.2 Å². The average molecular weight is 403 g/mol. The molecule has 1 aliphatic rings. The van der Waals surface area contributed by atoms with Gasteiger partial charge in [-0.15, -0.1) is 11.3 Å². The first-order chi connectivity index (χ1) is 13.4. The number of methoxy groups -OCH3 is 2. The van der Waals surface area contributed by atoms with E-state index in [2.05, 4.69) is 16.3 Å². The second-order valence-electron chi connectivity index (χ2n) is 6.93. The molecule has 1 fully saturated rings. The lowest BCUT2D eigenvalue weighted by atomic mass is 10.0. The first-order valence-electron chi connectivity index (χ1n) is 9.30. The first kappa shape index (κ1) is 20.4. The van der Waals surface area contributed by atoms with Gasteiger partial charge in [0.1, 0.15) is 10.8 Å². The lowest BCUT2D eigenvalue weighted by Gasteiger charge is -2.24. The third-order valence-electron chi connectivity index (χ3n) is 5.22. The van der Waals surface area contributed by atoms with E-state index < -0.39 is 5.97 Å². The highest BCUT2D eigenvalue weighted by molar-refractivity contribution is 7.16. The molecular weight excluding hydrogens is 376 g/mol. The summed E-state index contributed by atoms with van der Waals surface area (Å²) in [5, 5.41) is 3.48. The fraction of sp³-hybridized carbons (Fsp3) is 0.429. The molecule has 1 aromatic heterocycles. The maximum absolute atomic E-state index is 12.7. The third-order valence-corrected chi connectivity index (χ3v) is 6.34. The zero-order valence-electron chi connectivity index (χ0n) is 16.7. The summed E-state index contributed by atoms with van der Waals surface area (Å²) in [5.74, 6) is 0.273. The van der Waals surface area contributed by atoms with Gasteiger partial charge in [-0.2, -0.15) is 0 Å². The number of benzene rings is 1. The lowest BCUT2D eigenvalue weighted by molar-refractivity contribution is -0.117. The number of likely N-dealkylation sites (tertiary alicyclic amines) is 1. The van der Waals surface area contributed by atoms with Crippen LogP contribution in [0.1, 0.15) is 45.2 Å². The molecule has 6 nitrogen and oxygen atoms in total. The number of carbonyl (C=O) groups excluding carboxylic acids is 2. The van der Waals surface area contributed by atoms with Gasteiger partial charge in [-0.05, 0) is 56.5 Å². The highest BCUT2D eigenvalue weighted by Crippen LogP contribution is 2.35. The van der Waals surface area contributed by atoms with E-state index in [1.54, 1.807) is 7.11 Å². The minimum absolute atomic E-state index is 0.124. The van der Waals surface area contributed by atoms with Crippen LogP contribution in [0.5, 0.6) is 5.75 Å². The van der Waals surface area contributed by atoms with Crippen LogP contribution in [0, 0.1) is 13.8 Å². The molecule has 1 N–H and O–H groups in total. The van der Waals surface area contributed by atoms with E-state index in [0.717, 1.165) is 41.1 Å². The van der Waals surface area contributed by atoms with Crippen LogP contribution in [0.4, 0.5) is 5.00 Å². The maximum Gasteiger partial charge on any atom is 0.341 e. The number of hydrogen-bond acceptors (Lipinski definition) is 6. The molecule has 3 rings (SSSR count). The number of ether oxygens (including phenoxy) is 2. The molecule has 150 valence electrons. The quantitative estimate of drug-likeness (QED) is 0.742. The monoisotopic (exact) mass is 402 g/mol. The van der Waals surface area contributed by atoms with E-state index in [1.165, 1.54) is 18.4 Å². The number of aryl methyl sites for hydroxylation is 1. The van der Waals surface area contributed by atoms with E-state index in [-0.39, 0.29) is 18.5 Å². The predicted octanol–water partition coefficient (Wildman–Crippen LogP) is 3.94. The summed E-state index contributed by atoms with van der Waals surface area (Å²) in [7, 11) is 3.01. The van der Waals surface area contributed by atoms with Crippen molar-refractivity contribution in [3.8, 4) is 5.75 Å². The summed E-state index contributed by atoms with van der Waals surface area (Å²) < 4.78 is 10.2. The highest BCUT2D eigenvalue weighted by atomic mass is 32.1. The molecule has 0 radical (unpaired) electrons. The number of hydrogen-bond donors (Lipinski definition) is 1. The Hall–Kier alpha value is -2.38. The zero-order valence-corrected chi connectivity index (χ0v) is 17.5. The van der Waals surface area contributed by atoms with Crippen molar-refractivity contribution in [1.29, 1.82) is 0 Å². The molecule has 0 spiro atoms. The molecule has 28 heavy (non-hydrogen) atoms. The molecule has 0 bridgehead atoms. The number of carbonyl (C=O) groups is 2. The van der Waals surface area contributed by atoms with Crippen molar-refractivity contribution in [3.05, 3.63) is 45.8 Å². The maximum atomic E-state index is 12.7. The van der Waals surface area contributed by atoms with Crippen molar-refractivity contribution in [1.82, 2.24) is 4.90 Å². The summed E-state index contributed by atoms with van der Waals surface area (Å²) in [6, 6.07) is 8.19. The molecule has 1 unspecified atom stereocenters. The van der Waals surface area contributed by atoms with Gasteiger partial charge >= 0.3 is 5.97 Å². The number of nitrogens with zero attached hydrogens (tertiary/aromatic N) is 1. The van der Waals surface area contributed by atoms with Gasteiger partial charge in [0.2, 0.25) is 5.91 Å². The molecular formula is C21H26N2O4S. The second-order valence-corrected chi connectivity index (χ2v) is 8.16. The number of rotatable bonds is 6. The minimum atomic E-state index is -0.424. The second kappa shape index (κ2) is 8.75. The molecule has 0 saturated carbocycles. The Morgan fingerprint density at radius 3 is 2.79 bits per heavy atom. The lowest BCUT2D eigenvalue weighted by Crippen LogP contribution is -2.33. The van der Waals surface area contributed by atoms with Crippen molar-refractivity contribution in [2.24, 2.45) is 0 Å². The molecule has 7 heteroatoms. The first-order valence-corrected chi connectivity index (χ1v) is 10.1. The van der Waals surface area contributed by atoms with Gasteiger partial charge < -0.3 is 14.8 Å². The van der Waals surface area contributed by atoms with Crippen molar-refractivity contribution in [3.63, 3.8) is 0 Å². The van der Waals surface area contributed by atoms with Crippen LogP contribution in [-0.2, 0) is 9.53 Å². The van der Waals surface area contributed by atoms with E-state index in [1.807, 2.05) is 32.0 Å². The molecule has 1 aromatic carbocycles. The number of thiophene rings is 1. The fourth-order valence-corrected chi connectivity index (χ4v) is 4.72. The Morgan fingerprint density at radius 2 is 2.07 bits per heavy atom. The third kappa shape index (κ3) is 4.20. The summed E-state index contributed by atoms with van der Waals surface area (Å²) in [5.41, 5.74) is 2.45. The minimum Gasteiger partial charge on any atom is -0.497 e. The topological polar surface area (TPSA) is 67.9 Å². The Kier molecular flexibility index (Phi) is 6.36. The van der Waals surface area contributed by atoms with E-state index >= 15 is 0 Å². The molecule has 1 saturated heterocycles. The number of amides is 1. The Balaban J connectivity index is 1.72. The van der Waals surface area contributed by atoms with Gasteiger partial charge in [-0.3, -0.25) is 9.69 Å². The molecule has 2 aromatic rings. The average Bonchev–Trinajstić information content (AvgIpc) is 3.25. The molecule has 1 atom stereocenters. The molecule has 0 aliphatic carbocycles. The zero-order chi connectivity index (χ0) is 20.3. The van der Waals surface area contributed by atoms with Crippen molar-refractivity contribution in [2.45, 2.75) is 32.7 Å². The van der Waals surface area contributed by atoms with Gasteiger partial charge in [0, 0.05) is 10.9 Å². The van der Waals surface area contributed by atoms with Crippen LogP contribution < -0.4 is 10.1 Å². The van der Waals surface area contributed by atoms with Crippen LogP contribution in [0.15, 0.2) is 24.3 Å². The highest BCUT2D eigenvalue weighted by Gasteiger charge is 2.29. The van der Waals surface area contributed by atoms with Crippen LogP contribution >= 0.6 is 11.3 Å². The van der Waals surface area contributed by atoms with Gasteiger partial charge in [0.15, 0.2) is 0 Å². The summed E-state index contributed by atoms with van der Waals surface area (Å²) >= 11 is 1.41. The SMILES string of the molecule is COC(=O)c1c(NC(=O)CN2CCCC2c2cccc(OC)c2)sc(C)c1C. The van der Waals surface area contributed by atoms with Crippen molar-refractivity contribution in [2.75, 3.05) is 32.6 Å². The summed E-state index contributed by atoms with van der Waals surface area (Å²) in [6.07, 6.45) is 2.05. The smallest absolute Gasteiger partial charge is 0.341 e. The van der Waals surface area contributed by atoms with E-state index in [0.29, 0.717) is 10.6 Å². The van der Waals surface area contributed by atoms with Gasteiger partial charge in [-0.25, -0.2) is 4.79 Å². The van der Waals surface area contributed by atoms with E-state index in [4.69, 9.17) is 9.47 Å². The summed E-state index contributed by atoms with van der Waals surface area (Å²) in [6.45, 7) is 4.94. The standard InChI is InChI=1S/C21H26N2O4S/c1-13-14(2)28-20(19(13)21(25)27-4)22-18(24)12-23-10-6-9-17(23)15-7-5-8-16(11-15)26-3/h5,7-8,11,17H,6,9-10,12H2,1-4H3,(H,22,24). The fourth-order valence-electron chi connectivity index (χ4n) is 3.66. The van der Waals surface area contributed by atoms with Gasteiger partial charge in [0.25, 0.3) is 0 Å². The molecule has 2 heterocycles. The largest absolute Gasteiger partial charge is 0.497 e. The molecule has 1 amide bonds. The van der Waals surface area contributed by atoms with Gasteiger partial charge in [0.05, 0.1) is 26.3 Å². The van der Waals surface area contributed by atoms with Gasteiger partial charge in [-0.1, -0.05) is 12.1 Å². The Morgan fingerprint density at radius 1 is 1.29 bits per heavy atom. The molecule has 1 aliphatic heterocycles. The Bertz CT molecular complexity index is 877. The van der Waals surface area contributed by atoms with Crippen LogP contribution in [0.2, 0.25) is 0 Å². The van der Waals surface area contributed by atoms with Crippen LogP contribution in [-0.4, -0.2) is 44.1 Å². The van der Waals surface area contributed by atoms with Crippen molar-refractivity contribution < 1.29 is 19.1 Å². The Labute approximate surface area is 169 Å². The number of nitrogens with one attached hydrogen (secondary N) is 1. The normalized spacial score (nSPS) is 16.8. The van der Waals surface area contributed by atoms with Crippen LogP contribution in [0.3, 0.4) is 0 Å². The number of esters is 1. The predicted molar refractivity (Wildman–Crippen MR) is 110 cm³/mol. The van der Waals surface area contributed by atoms with E-state index in [9.17, 15) is 9.59 Å². The summed E-state index contributed by atoms with van der Waals surface area (Å²) in [4.78, 5) is 28.0.